The Morgan fingerprint density at radius 3 is 2.78 bits per heavy atom. The van der Waals surface area contributed by atoms with E-state index in [1.807, 2.05) is 13.0 Å². The third-order valence-electron chi connectivity index (χ3n) is 5.67. The normalized spacial score (nSPS) is 11.1. The third kappa shape index (κ3) is 5.90. The first kappa shape index (κ1) is 25.7. The summed E-state index contributed by atoms with van der Waals surface area (Å²) in [6.07, 6.45) is 3.62. The van der Waals surface area contributed by atoms with Crippen LogP contribution in [-0.4, -0.2) is 20.8 Å². The van der Waals surface area contributed by atoms with Crippen molar-refractivity contribution in [1.82, 2.24) is 9.66 Å². The molecule has 4 aromatic rings. The largest absolute Gasteiger partial charge is 0.488 e. The van der Waals surface area contributed by atoms with Crippen LogP contribution in [0.2, 0.25) is 0 Å². The Balaban J connectivity index is 1.77. The molecule has 0 bridgehead atoms. The maximum absolute atomic E-state index is 13.3. The zero-order valence-electron chi connectivity index (χ0n) is 19.9. The number of hydrogen-bond acceptors (Lipinski definition) is 7. The molecule has 0 saturated heterocycles. The van der Waals surface area contributed by atoms with E-state index in [4.69, 9.17) is 4.74 Å². The molecule has 9 nitrogen and oxygen atoms in total. The van der Waals surface area contributed by atoms with Gasteiger partial charge in [-0.05, 0) is 36.8 Å². The van der Waals surface area contributed by atoms with Crippen molar-refractivity contribution in [3.63, 3.8) is 0 Å². The van der Waals surface area contributed by atoms with Crippen LogP contribution in [0, 0.1) is 21.4 Å². The maximum atomic E-state index is 13.3. The number of hydrogen-bond donors (Lipinski definition) is 0. The molecule has 0 atom stereocenters. The Bertz CT molecular complexity index is 1610. The third-order valence-corrected chi connectivity index (χ3v) is 6.16. The van der Waals surface area contributed by atoms with E-state index in [0.29, 0.717) is 45.6 Å². The zero-order valence-corrected chi connectivity index (χ0v) is 21.5. The number of ether oxygens (including phenoxy) is 1. The summed E-state index contributed by atoms with van der Waals surface area (Å²) < 4.78 is 7.90. The predicted octanol–water partition coefficient (Wildman–Crippen LogP) is 5.74. The fourth-order valence-corrected chi connectivity index (χ4v) is 4.08. The van der Waals surface area contributed by atoms with Crippen molar-refractivity contribution < 1.29 is 9.66 Å². The number of unbranched alkanes of at least 4 members (excludes halogenated alkanes) is 1. The van der Waals surface area contributed by atoms with E-state index < -0.39 is 4.92 Å². The second kappa shape index (κ2) is 11.6. The van der Waals surface area contributed by atoms with Crippen LogP contribution in [0.5, 0.6) is 5.75 Å². The number of fused-ring (bicyclic) bond motifs is 1. The molecule has 186 valence electrons. The number of non-ortho nitro benzene ring substituents is 1. The van der Waals surface area contributed by atoms with Crippen molar-refractivity contribution in [2.24, 2.45) is 5.10 Å². The van der Waals surface area contributed by atoms with Gasteiger partial charge in [0, 0.05) is 34.2 Å². The summed E-state index contributed by atoms with van der Waals surface area (Å²) in [5.41, 5.74) is 1.54. The standard InChI is InChI=1S/C27H22BrN5O4/c1-2-3-8-26-31-24-11-9-21(28)14-23(24)27(34)32(26)30-16-20-13-22(33(35)36)10-12-25(20)37-17-19-7-5-4-6-18(19)15-29/h4-7,9-14,16H,2-3,8,17H2,1H3. The molecule has 0 spiro atoms. The van der Waals surface area contributed by atoms with E-state index in [1.54, 1.807) is 36.4 Å². The van der Waals surface area contributed by atoms with E-state index in [2.05, 4.69) is 32.1 Å². The van der Waals surface area contributed by atoms with Gasteiger partial charge >= 0.3 is 0 Å². The minimum absolute atomic E-state index is 0.0790. The van der Waals surface area contributed by atoms with Gasteiger partial charge in [-0.2, -0.15) is 15.0 Å². The Hall–Kier alpha value is -4.36. The average Bonchev–Trinajstić information content (AvgIpc) is 2.91. The molecular formula is C27H22BrN5O4. The molecule has 0 aliphatic heterocycles. The van der Waals surface area contributed by atoms with Crippen LogP contribution in [-0.2, 0) is 13.0 Å². The summed E-state index contributed by atoms with van der Waals surface area (Å²) in [5, 5.41) is 25.6. The van der Waals surface area contributed by atoms with Gasteiger partial charge in [-0.25, -0.2) is 4.98 Å². The molecule has 0 aliphatic carbocycles. The van der Waals surface area contributed by atoms with Crippen LogP contribution in [0.15, 0.2) is 75.0 Å². The number of nitro groups is 1. The van der Waals surface area contributed by atoms with Gasteiger partial charge in [0.05, 0.1) is 33.7 Å². The molecule has 0 aliphatic rings. The van der Waals surface area contributed by atoms with E-state index in [1.165, 1.54) is 29.1 Å². The van der Waals surface area contributed by atoms with Gasteiger partial charge in [0.2, 0.25) is 0 Å². The van der Waals surface area contributed by atoms with Gasteiger partial charge in [0.15, 0.2) is 0 Å². The predicted molar refractivity (Wildman–Crippen MR) is 144 cm³/mol. The number of nitriles is 1. The average molecular weight is 560 g/mol. The summed E-state index contributed by atoms with van der Waals surface area (Å²) in [4.78, 5) is 28.9. The highest BCUT2D eigenvalue weighted by atomic mass is 79.9. The first-order chi connectivity index (χ1) is 17.9. The van der Waals surface area contributed by atoms with E-state index in [-0.39, 0.29) is 17.9 Å². The summed E-state index contributed by atoms with van der Waals surface area (Å²) >= 11 is 3.39. The lowest BCUT2D eigenvalue weighted by Gasteiger charge is -2.11. The van der Waals surface area contributed by atoms with Crippen LogP contribution >= 0.6 is 15.9 Å². The molecule has 0 unspecified atom stereocenters. The summed E-state index contributed by atoms with van der Waals surface area (Å²) in [6, 6.07) is 18.6. The van der Waals surface area contributed by atoms with Gasteiger partial charge in [-0.3, -0.25) is 14.9 Å². The van der Waals surface area contributed by atoms with Gasteiger partial charge in [-0.1, -0.05) is 47.5 Å². The quantitative estimate of drug-likeness (QED) is 0.146. The smallest absolute Gasteiger partial charge is 0.282 e. The lowest BCUT2D eigenvalue weighted by molar-refractivity contribution is -0.384. The minimum Gasteiger partial charge on any atom is -0.488 e. The first-order valence-corrected chi connectivity index (χ1v) is 12.4. The van der Waals surface area contributed by atoms with Crippen LogP contribution < -0.4 is 10.3 Å². The van der Waals surface area contributed by atoms with Gasteiger partial charge in [0.25, 0.3) is 11.2 Å². The summed E-state index contributed by atoms with van der Waals surface area (Å²) in [7, 11) is 0. The van der Waals surface area contributed by atoms with Crippen molar-refractivity contribution in [3.05, 3.63) is 108 Å². The van der Waals surface area contributed by atoms with Crippen molar-refractivity contribution in [3.8, 4) is 11.8 Å². The molecule has 4 rings (SSSR count). The molecule has 1 aromatic heterocycles. The Morgan fingerprint density at radius 2 is 2.03 bits per heavy atom. The van der Waals surface area contributed by atoms with Crippen molar-refractivity contribution >= 4 is 38.7 Å². The SMILES string of the molecule is CCCCc1nc2ccc(Br)cc2c(=O)n1N=Cc1cc([N+](=O)[O-])ccc1OCc1ccccc1C#N. The van der Waals surface area contributed by atoms with Crippen molar-refractivity contribution in [2.75, 3.05) is 0 Å². The molecule has 0 radical (unpaired) electrons. The number of nitrogens with zero attached hydrogens (tertiary/aromatic N) is 5. The lowest BCUT2D eigenvalue weighted by Crippen LogP contribution is -2.22. The fraction of sp³-hybridized carbons (Fsp3) is 0.185. The molecule has 10 heteroatoms. The number of benzene rings is 3. The first-order valence-electron chi connectivity index (χ1n) is 11.6. The Kier molecular flexibility index (Phi) is 8.05. The second-order valence-corrected chi connectivity index (χ2v) is 9.11. The molecule has 37 heavy (non-hydrogen) atoms. The summed E-state index contributed by atoms with van der Waals surface area (Å²) in [6.45, 7) is 2.12. The topological polar surface area (TPSA) is 123 Å². The van der Waals surface area contributed by atoms with E-state index >= 15 is 0 Å². The summed E-state index contributed by atoms with van der Waals surface area (Å²) in [5.74, 6) is 0.815. The molecule has 0 fully saturated rings. The van der Waals surface area contributed by atoms with Crippen LogP contribution in [0.3, 0.4) is 0 Å². The highest BCUT2D eigenvalue weighted by Gasteiger charge is 2.14. The molecular weight excluding hydrogens is 538 g/mol. The lowest BCUT2D eigenvalue weighted by atomic mass is 10.1. The highest BCUT2D eigenvalue weighted by Crippen LogP contribution is 2.25. The molecule has 0 saturated carbocycles. The number of nitro benzene ring substituents is 1. The van der Waals surface area contributed by atoms with Gasteiger partial charge in [0.1, 0.15) is 18.2 Å². The molecule has 1 heterocycles. The Labute approximate surface area is 220 Å². The number of aromatic nitrogens is 2. The van der Waals surface area contributed by atoms with E-state index in [9.17, 15) is 20.2 Å². The molecule has 0 amide bonds. The zero-order chi connectivity index (χ0) is 26.4. The molecule has 3 aromatic carbocycles. The van der Waals surface area contributed by atoms with Crippen LogP contribution in [0.25, 0.3) is 10.9 Å². The van der Waals surface area contributed by atoms with Crippen molar-refractivity contribution in [1.29, 1.82) is 5.26 Å². The number of rotatable bonds is 9. The maximum Gasteiger partial charge on any atom is 0.282 e. The minimum atomic E-state index is -0.514. The number of halogens is 1. The van der Waals surface area contributed by atoms with E-state index in [0.717, 1.165) is 17.3 Å². The monoisotopic (exact) mass is 559 g/mol. The fourth-order valence-electron chi connectivity index (χ4n) is 3.72. The van der Waals surface area contributed by atoms with Crippen LogP contribution in [0.1, 0.15) is 42.3 Å². The second-order valence-electron chi connectivity index (χ2n) is 8.19. The molecule has 0 N–H and O–H groups in total. The van der Waals surface area contributed by atoms with Gasteiger partial charge < -0.3 is 4.74 Å². The van der Waals surface area contributed by atoms with Crippen molar-refractivity contribution in [2.45, 2.75) is 32.8 Å². The highest BCUT2D eigenvalue weighted by molar-refractivity contribution is 9.10. The Morgan fingerprint density at radius 1 is 1.22 bits per heavy atom. The van der Waals surface area contributed by atoms with Crippen LogP contribution in [0.4, 0.5) is 5.69 Å². The number of aryl methyl sites for hydroxylation is 1. The van der Waals surface area contributed by atoms with Gasteiger partial charge in [-0.15, -0.1) is 0 Å².